The summed E-state index contributed by atoms with van der Waals surface area (Å²) in [6.45, 7) is 6.71. The second-order valence-electron chi connectivity index (χ2n) is 25.6. The van der Waals surface area contributed by atoms with Crippen molar-refractivity contribution < 1.29 is 28.6 Å². The van der Waals surface area contributed by atoms with Gasteiger partial charge in [-0.15, -0.1) is 0 Å². The number of hydrogen-bond donors (Lipinski definition) is 0. The Morgan fingerprint density at radius 2 is 0.434 bits per heavy atom. The molecule has 0 aromatic heterocycles. The monoisotopic (exact) mass is 1170 g/mol. The summed E-state index contributed by atoms with van der Waals surface area (Å²) in [4.78, 5) is 38.5. The summed E-state index contributed by atoms with van der Waals surface area (Å²) in [6.07, 6.45) is 90.4. The van der Waals surface area contributed by atoms with Crippen LogP contribution < -0.4 is 0 Å². The summed E-state index contributed by atoms with van der Waals surface area (Å²) in [5, 5.41) is 0. The van der Waals surface area contributed by atoms with E-state index in [1.54, 1.807) is 0 Å². The molecule has 0 saturated heterocycles. The van der Waals surface area contributed by atoms with Crippen LogP contribution in [0.1, 0.15) is 419 Å². The second kappa shape index (κ2) is 72.1. The number of unbranched alkanes of at least 4 members (excludes halogenated alkanes) is 53. The van der Waals surface area contributed by atoms with E-state index in [2.05, 4.69) is 57.2 Å². The Hall–Kier alpha value is -2.37. The first-order chi connectivity index (χ1) is 41.0. The number of esters is 3. The number of carbonyl (C=O) groups is 3. The summed E-state index contributed by atoms with van der Waals surface area (Å²) in [7, 11) is 0. The molecule has 0 saturated carbocycles. The van der Waals surface area contributed by atoms with Crippen LogP contribution in [0.4, 0.5) is 0 Å². The lowest BCUT2D eigenvalue weighted by Crippen LogP contribution is -2.30. The Bertz CT molecular complexity index is 1380. The molecule has 6 heteroatoms. The van der Waals surface area contributed by atoms with E-state index in [0.717, 1.165) is 70.6 Å². The van der Waals surface area contributed by atoms with Crippen molar-refractivity contribution >= 4 is 17.9 Å². The summed E-state index contributed by atoms with van der Waals surface area (Å²) in [6, 6.07) is 0. The maximum absolute atomic E-state index is 13.0. The zero-order valence-corrected chi connectivity index (χ0v) is 56.2. The van der Waals surface area contributed by atoms with E-state index in [9.17, 15) is 14.4 Å². The zero-order chi connectivity index (χ0) is 59.9. The van der Waals surface area contributed by atoms with Gasteiger partial charge >= 0.3 is 17.9 Å². The molecular formula is C77H144O6. The van der Waals surface area contributed by atoms with Gasteiger partial charge in [-0.1, -0.05) is 359 Å². The van der Waals surface area contributed by atoms with Gasteiger partial charge in [0.25, 0.3) is 0 Å². The first-order valence-corrected chi connectivity index (χ1v) is 37.5. The minimum atomic E-state index is -0.774. The predicted octanol–water partition coefficient (Wildman–Crippen LogP) is 25.9. The molecule has 0 aromatic carbocycles. The van der Waals surface area contributed by atoms with E-state index >= 15 is 0 Å². The topological polar surface area (TPSA) is 78.9 Å². The molecule has 0 heterocycles. The highest BCUT2D eigenvalue weighted by Gasteiger charge is 2.20. The average molecular weight is 1170 g/mol. The largest absolute Gasteiger partial charge is 0.462 e. The van der Waals surface area contributed by atoms with Crippen LogP contribution in [0.2, 0.25) is 0 Å². The summed E-state index contributed by atoms with van der Waals surface area (Å²) < 4.78 is 17.0. The number of rotatable bonds is 70. The number of allylic oxidation sites excluding steroid dienone is 6. The molecule has 6 nitrogen and oxygen atoms in total. The predicted molar refractivity (Wildman–Crippen MR) is 362 cm³/mol. The van der Waals surface area contributed by atoms with Crippen LogP contribution in [0.5, 0.6) is 0 Å². The van der Waals surface area contributed by atoms with Gasteiger partial charge in [0.1, 0.15) is 13.2 Å². The molecule has 0 N–H and O–H groups in total. The van der Waals surface area contributed by atoms with E-state index in [1.807, 2.05) is 0 Å². The third-order valence-corrected chi connectivity index (χ3v) is 17.1. The molecular weight excluding hydrogens is 1020 g/mol. The SMILES string of the molecule is CCCCCC/C=C\C/C=C\CCCCCCCCCC(=O)OCC(COC(=O)CCCCCCCCCCCCCCCCC/C=C\CCCCCCCCCC)OC(=O)CCCCCCCCCCCCCCCCCCCCCC. The van der Waals surface area contributed by atoms with Gasteiger partial charge < -0.3 is 14.2 Å². The quantitative estimate of drug-likeness (QED) is 0.0261. The standard InChI is InChI=1S/C77H144O6/c1-4-7-10-13-16-19-22-25-28-31-34-36-37-38-39-40-41-42-44-46-49-52-55-58-61-64-67-70-76(79)82-73-74(72-81-75(78)69-66-63-60-57-54-51-48-45-33-30-27-24-21-18-15-12-9-6-3)83-77(80)71-68-65-62-59-56-53-50-47-43-35-32-29-26-23-20-17-14-11-8-5-2/h21,24,30-31,33-34,74H,4-20,22-23,25-29,32,35-73H2,1-3H3/b24-21-,33-30-,34-31-. The second-order valence-corrected chi connectivity index (χ2v) is 25.6. The molecule has 0 bridgehead atoms. The van der Waals surface area contributed by atoms with Crippen molar-refractivity contribution in [2.45, 2.75) is 425 Å². The van der Waals surface area contributed by atoms with Crippen molar-refractivity contribution in [2.24, 2.45) is 0 Å². The molecule has 0 rings (SSSR count). The number of hydrogen-bond acceptors (Lipinski definition) is 6. The highest BCUT2D eigenvalue weighted by atomic mass is 16.6. The van der Waals surface area contributed by atoms with E-state index in [4.69, 9.17) is 14.2 Å². The summed E-state index contributed by atoms with van der Waals surface area (Å²) in [5.41, 5.74) is 0. The zero-order valence-electron chi connectivity index (χ0n) is 56.2. The van der Waals surface area contributed by atoms with Gasteiger partial charge in [0.15, 0.2) is 6.10 Å². The van der Waals surface area contributed by atoms with E-state index < -0.39 is 6.10 Å². The fourth-order valence-corrected chi connectivity index (χ4v) is 11.5. The molecule has 83 heavy (non-hydrogen) atoms. The van der Waals surface area contributed by atoms with Gasteiger partial charge in [0.05, 0.1) is 0 Å². The Morgan fingerprint density at radius 1 is 0.241 bits per heavy atom. The highest BCUT2D eigenvalue weighted by Crippen LogP contribution is 2.19. The molecule has 1 unspecified atom stereocenters. The van der Waals surface area contributed by atoms with Gasteiger partial charge in [-0.2, -0.15) is 0 Å². The molecule has 0 amide bonds. The minimum Gasteiger partial charge on any atom is -0.462 e. The third kappa shape index (κ3) is 70.3. The van der Waals surface area contributed by atoms with Gasteiger partial charge in [-0.25, -0.2) is 0 Å². The molecule has 0 fully saturated rings. The van der Waals surface area contributed by atoms with Crippen LogP contribution in [0.15, 0.2) is 36.5 Å². The molecule has 0 radical (unpaired) electrons. The Balaban J connectivity index is 4.27. The van der Waals surface area contributed by atoms with Crippen molar-refractivity contribution in [3.8, 4) is 0 Å². The van der Waals surface area contributed by atoms with Crippen LogP contribution in [-0.2, 0) is 28.6 Å². The van der Waals surface area contributed by atoms with Crippen molar-refractivity contribution in [2.75, 3.05) is 13.2 Å². The van der Waals surface area contributed by atoms with E-state index in [1.165, 1.54) is 308 Å². The number of carbonyl (C=O) groups excluding carboxylic acids is 3. The molecule has 0 aliphatic rings. The third-order valence-electron chi connectivity index (χ3n) is 17.1. The molecule has 488 valence electrons. The average Bonchev–Trinajstić information content (AvgIpc) is 3.50. The van der Waals surface area contributed by atoms with Crippen molar-refractivity contribution in [1.29, 1.82) is 0 Å². The molecule has 0 spiro atoms. The van der Waals surface area contributed by atoms with Gasteiger partial charge in [-0.3, -0.25) is 14.4 Å². The van der Waals surface area contributed by atoms with Gasteiger partial charge in [0.2, 0.25) is 0 Å². The lowest BCUT2D eigenvalue weighted by Gasteiger charge is -2.18. The van der Waals surface area contributed by atoms with E-state index in [0.29, 0.717) is 19.3 Å². The van der Waals surface area contributed by atoms with Crippen molar-refractivity contribution in [3.05, 3.63) is 36.5 Å². The molecule has 0 aliphatic carbocycles. The minimum absolute atomic E-state index is 0.0690. The molecule has 0 aromatic rings. The van der Waals surface area contributed by atoms with Crippen LogP contribution in [0, 0.1) is 0 Å². The lowest BCUT2D eigenvalue weighted by molar-refractivity contribution is -0.167. The van der Waals surface area contributed by atoms with E-state index in [-0.39, 0.29) is 31.1 Å². The smallest absolute Gasteiger partial charge is 0.306 e. The van der Waals surface area contributed by atoms with Crippen LogP contribution in [-0.4, -0.2) is 37.2 Å². The normalized spacial score (nSPS) is 12.2. The van der Waals surface area contributed by atoms with Crippen LogP contribution >= 0.6 is 0 Å². The van der Waals surface area contributed by atoms with Crippen molar-refractivity contribution in [1.82, 2.24) is 0 Å². The fraction of sp³-hybridized carbons (Fsp3) is 0.883. The van der Waals surface area contributed by atoms with Crippen LogP contribution in [0.3, 0.4) is 0 Å². The molecule has 0 aliphatic heterocycles. The summed E-state index contributed by atoms with van der Waals surface area (Å²) >= 11 is 0. The number of ether oxygens (including phenoxy) is 3. The lowest BCUT2D eigenvalue weighted by atomic mass is 10.0. The van der Waals surface area contributed by atoms with Crippen LogP contribution in [0.25, 0.3) is 0 Å². The molecule has 1 atom stereocenters. The van der Waals surface area contributed by atoms with Gasteiger partial charge in [0, 0.05) is 19.3 Å². The van der Waals surface area contributed by atoms with Gasteiger partial charge in [-0.05, 0) is 77.0 Å². The highest BCUT2D eigenvalue weighted by molar-refractivity contribution is 5.71. The maximum Gasteiger partial charge on any atom is 0.306 e. The Morgan fingerprint density at radius 3 is 0.687 bits per heavy atom. The van der Waals surface area contributed by atoms with Crippen molar-refractivity contribution in [3.63, 3.8) is 0 Å². The first-order valence-electron chi connectivity index (χ1n) is 37.5. The first kappa shape index (κ1) is 80.6. The maximum atomic E-state index is 13.0. The summed E-state index contributed by atoms with van der Waals surface area (Å²) in [5.74, 6) is -0.843. The fourth-order valence-electron chi connectivity index (χ4n) is 11.5. The Labute approximate surface area is 518 Å². The Kier molecular flexibility index (Phi) is 70.0.